The van der Waals surface area contributed by atoms with E-state index in [1.165, 1.54) is 23.4 Å². The van der Waals surface area contributed by atoms with Gasteiger partial charge in [0, 0.05) is 10.4 Å². The predicted octanol–water partition coefficient (Wildman–Crippen LogP) is 4.52. The van der Waals surface area contributed by atoms with Crippen molar-refractivity contribution in [1.29, 1.82) is 0 Å². The zero-order valence-electron chi connectivity index (χ0n) is 10.7. The molecular weight excluding hydrogens is 214 g/mol. The van der Waals surface area contributed by atoms with E-state index in [0.29, 0.717) is 5.37 Å². The standard InChI is InChI=1S/C14H21NS/c1-5-13-15(14(3,4)6-2)11-9-7-8-10-12(11)16-13/h7-10,13H,5-6H2,1-4H3. The van der Waals surface area contributed by atoms with Gasteiger partial charge in [-0.05, 0) is 38.8 Å². The van der Waals surface area contributed by atoms with Crippen LogP contribution in [-0.2, 0) is 0 Å². The number of benzene rings is 1. The Morgan fingerprint density at radius 2 is 1.94 bits per heavy atom. The van der Waals surface area contributed by atoms with Crippen LogP contribution in [0.15, 0.2) is 29.2 Å². The molecule has 16 heavy (non-hydrogen) atoms. The molecule has 1 aliphatic rings. The maximum absolute atomic E-state index is 2.60. The summed E-state index contributed by atoms with van der Waals surface area (Å²) in [4.78, 5) is 4.04. The number of rotatable bonds is 3. The van der Waals surface area contributed by atoms with E-state index in [2.05, 4.69) is 56.9 Å². The van der Waals surface area contributed by atoms with Crippen LogP contribution in [0.1, 0.15) is 40.5 Å². The summed E-state index contributed by atoms with van der Waals surface area (Å²) in [5.74, 6) is 0. The molecule has 1 unspecified atom stereocenters. The van der Waals surface area contributed by atoms with Crippen LogP contribution >= 0.6 is 11.8 Å². The summed E-state index contributed by atoms with van der Waals surface area (Å²) in [6.45, 7) is 9.25. The molecule has 0 saturated carbocycles. The molecule has 0 bridgehead atoms. The van der Waals surface area contributed by atoms with Crippen molar-refractivity contribution in [3.63, 3.8) is 0 Å². The Hall–Kier alpha value is -0.630. The van der Waals surface area contributed by atoms with E-state index < -0.39 is 0 Å². The number of para-hydroxylation sites is 1. The Bertz CT molecular complexity index is 373. The summed E-state index contributed by atoms with van der Waals surface area (Å²) in [6.07, 6.45) is 2.38. The number of thioether (sulfide) groups is 1. The number of nitrogens with zero attached hydrogens (tertiary/aromatic N) is 1. The summed E-state index contributed by atoms with van der Waals surface area (Å²) in [6, 6.07) is 8.79. The summed E-state index contributed by atoms with van der Waals surface area (Å²) < 4.78 is 0. The summed E-state index contributed by atoms with van der Waals surface area (Å²) >= 11 is 2.01. The Morgan fingerprint density at radius 3 is 2.56 bits per heavy atom. The lowest BCUT2D eigenvalue weighted by Gasteiger charge is -2.40. The smallest absolute Gasteiger partial charge is 0.0800 e. The predicted molar refractivity (Wildman–Crippen MR) is 73.2 cm³/mol. The summed E-state index contributed by atoms with van der Waals surface area (Å²) in [5, 5.41) is 0.604. The van der Waals surface area contributed by atoms with Gasteiger partial charge in [-0.3, -0.25) is 0 Å². The van der Waals surface area contributed by atoms with E-state index >= 15 is 0 Å². The lowest BCUT2D eigenvalue weighted by atomic mass is 9.98. The van der Waals surface area contributed by atoms with Crippen LogP contribution in [-0.4, -0.2) is 10.9 Å². The monoisotopic (exact) mass is 235 g/mol. The highest BCUT2D eigenvalue weighted by Crippen LogP contribution is 2.48. The highest BCUT2D eigenvalue weighted by molar-refractivity contribution is 8.00. The fraction of sp³-hybridized carbons (Fsp3) is 0.571. The third-order valence-electron chi connectivity index (χ3n) is 3.54. The second-order valence-electron chi connectivity index (χ2n) is 4.98. The minimum atomic E-state index is 0.250. The minimum Gasteiger partial charge on any atom is -0.353 e. The van der Waals surface area contributed by atoms with Gasteiger partial charge in [-0.25, -0.2) is 0 Å². The third-order valence-corrected chi connectivity index (χ3v) is 4.96. The molecule has 2 heteroatoms. The van der Waals surface area contributed by atoms with Gasteiger partial charge in [-0.15, -0.1) is 0 Å². The lowest BCUT2D eigenvalue weighted by Crippen LogP contribution is -2.46. The van der Waals surface area contributed by atoms with Gasteiger partial charge in [0.1, 0.15) is 0 Å². The second-order valence-corrected chi connectivity index (χ2v) is 6.20. The van der Waals surface area contributed by atoms with Crippen molar-refractivity contribution in [2.24, 2.45) is 0 Å². The van der Waals surface area contributed by atoms with Gasteiger partial charge in [-0.2, -0.15) is 0 Å². The summed E-state index contributed by atoms with van der Waals surface area (Å²) in [7, 11) is 0. The number of hydrogen-bond acceptors (Lipinski definition) is 2. The van der Waals surface area contributed by atoms with Crippen molar-refractivity contribution in [3.8, 4) is 0 Å². The normalized spacial score (nSPS) is 20.0. The molecule has 0 spiro atoms. The first-order chi connectivity index (χ1) is 7.60. The molecular formula is C14H21NS. The SMILES string of the molecule is CCC1Sc2ccccc2N1C(C)(C)CC. The zero-order chi connectivity index (χ0) is 11.8. The molecule has 1 aliphatic heterocycles. The molecule has 88 valence electrons. The van der Waals surface area contributed by atoms with Gasteiger partial charge in [0.05, 0.1) is 11.1 Å². The van der Waals surface area contributed by atoms with Gasteiger partial charge >= 0.3 is 0 Å². The summed E-state index contributed by atoms with van der Waals surface area (Å²) in [5.41, 5.74) is 1.67. The van der Waals surface area contributed by atoms with Crippen molar-refractivity contribution in [3.05, 3.63) is 24.3 Å². The van der Waals surface area contributed by atoms with Gasteiger partial charge in [0.25, 0.3) is 0 Å². The molecule has 0 aromatic heterocycles. The molecule has 1 nitrogen and oxygen atoms in total. The number of fused-ring (bicyclic) bond motifs is 1. The van der Waals surface area contributed by atoms with Crippen molar-refractivity contribution in [1.82, 2.24) is 0 Å². The first-order valence-corrected chi connectivity index (χ1v) is 7.03. The van der Waals surface area contributed by atoms with Crippen molar-refractivity contribution in [2.45, 2.75) is 56.3 Å². The average molecular weight is 235 g/mol. The first-order valence-electron chi connectivity index (χ1n) is 6.15. The topological polar surface area (TPSA) is 3.24 Å². The Balaban J connectivity index is 2.42. The minimum absolute atomic E-state index is 0.250. The van der Waals surface area contributed by atoms with Gasteiger partial charge in [0.2, 0.25) is 0 Å². The molecule has 1 aromatic carbocycles. The molecule has 0 radical (unpaired) electrons. The molecule has 0 saturated heterocycles. The fourth-order valence-corrected chi connectivity index (χ4v) is 3.67. The first kappa shape index (κ1) is 11.8. The van der Waals surface area contributed by atoms with Gasteiger partial charge in [0.15, 0.2) is 0 Å². The molecule has 0 N–H and O–H groups in total. The Labute approximate surface area is 103 Å². The van der Waals surface area contributed by atoms with Crippen LogP contribution in [0.2, 0.25) is 0 Å². The maximum atomic E-state index is 2.60. The Kier molecular flexibility index (Phi) is 3.20. The molecule has 1 atom stereocenters. The van der Waals surface area contributed by atoms with Crippen LogP contribution in [0.25, 0.3) is 0 Å². The van der Waals surface area contributed by atoms with E-state index in [1.807, 2.05) is 11.8 Å². The average Bonchev–Trinajstić information content (AvgIpc) is 2.67. The zero-order valence-corrected chi connectivity index (χ0v) is 11.5. The van der Waals surface area contributed by atoms with Crippen LogP contribution in [0.5, 0.6) is 0 Å². The largest absolute Gasteiger partial charge is 0.353 e. The highest BCUT2D eigenvalue weighted by Gasteiger charge is 2.37. The maximum Gasteiger partial charge on any atom is 0.0800 e. The van der Waals surface area contributed by atoms with Gasteiger partial charge < -0.3 is 4.90 Å². The van der Waals surface area contributed by atoms with E-state index in [4.69, 9.17) is 0 Å². The van der Waals surface area contributed by atoms with E-state index in [9.17, 15) is 0 Å². The molecule has 0 fully saturated rings. The molecule has 2 rings (SSSR count). The van der Waals surface area contributed by atoms with E-state index in [0.717, 1.165) is 0 Å². The molecule has 0 amide bonds. The molecule has 1 aromatic rings. The number of hydrogen-bond donors (Lipinski definition) is 0. The van der Waals surface area contributed by atoms with E-state index in [1.54, 1.807) is 0 Å². The van der Waals surface area contributed by atoms with E-state index in [-0.39, 0.29) is 5.54 Å². The third kappa shape index (κ3) is 1.84. The quantitative estimate of drug-likeness (QED) is 0.757. The van der Waals surface area contributed by atoms with Gasteiger partial charge in [-0.1, -0.05) is 37.7 Å². The van der Waals surface area contributed by atoms with Crippen LogP contribution in [0, 0.1) is 0 Å². The molecule has 0 aliphatic carbocycles. The van der Waals surface area contributed by atoms with Crippen molar-refractivity contribution in [2.75, 3.05) is 4.90 Å². The number of anilines is 1. The molecule has 1 heterocycles. The Morgan fingerprint density at radius 1 is 1.25 bits per heavy atom. The highest BCUT2D eigenvalue weighted by atomic mass is 32.2. The van der Waals surface area contributed by atoms with Crippen LogP contribution < -0.4 is 4.90 Å². The van der Waals surface area contributed by atoms with Crippen molar-refractivity contribution < 1.29 is 0 Å². The second kappa shape index (κ2) is 4.33. The van der Waals surface area contributed by atoms with Crippen LogP contribution in [0.4, 0.5) is 5.69 Å². The fourth-order valence-electron chi connectivity index (χ4n) is 2.26. The lowest BCUT2D eigenvalue weighted by molar-refractivity contribution is 0.434. The van der Waals surface area contributed by atoms with Crippen molar-refractivity contribution >= 4 is 17.4 Å². The van der Waals surface area contributed by atoms with Crippen LogP contribution in [0.3, 0.4) is 0 Å².